The molecule has 0 aliphatic heterocycles. The fourth-order valence-electron chi connectivity index (χ4n) is 1.23. The lowest BCUT2D eigenvalue weighted by Crippen LogP contribution is -2.28. The van der Waals surface area contributed by atoms with E-state index in [2.05, 4.69) is 17.2 Å². The van der Waals surface area contributed by atoms with Crippen molar-refractivity contribution in [3.8, 4) is 0 Å². The molecular weight excluding hydrogens is 238 g/mol. The van der Waals surface area contributed by atoms with Crippen LogP contribution in [-0.4, -0.2) is 16.6 Å². The third-order valence-electron chi connectivity index (χ3n) is 2.08. The van der Waals surface area contributed by atoms with E-state index in [0.717, 1.165) is 11.3 Å². The Morgan fingerprint density at radius 1 is 1.65 bits per heavy atom. The van der Waals surface area contributed by atoms with E-state index in [1.54, 1.807) is 19.1 Å². The number of hydrogen-bond donors (Lipinski definition) is 2. The van der Waals surface area contributed by atoms with Crippen LogP contribution in [0.1, 0.15) is 5.56 Å². The number of nitrogens with one attached hydrogen (secondary N) is 2. The summed E-state index contributed by atoms with van der Waals surface area (Å²) in [6, 6.07) is 4.57. The number of nitro groups is 1. The van der Waals surface area contributed by atoms with Crippen molar-refractivity contribution in [2.45, 2.75) is 6.92 Å². The van der Waals surface area contributed by atoms with E-state index in [9.17, 15) is 10.1 Å². The highest BCUT2D eigenvalue weighted by Crippen LogP contribution is 2.20. The molecule has 0 unspecified atom stereocenters. The van der Waals surface area contributed by atoms with Crippen LogP contribution >= 0.6 is 12.2 Å². The second-order valence-electron chi connectivity index (χ2n) is 3.38. The van der Waals surface area contributed by atoms with Gasteiger partial charge < -0.3 is 10.6 Å². The second kappa shape index (κ2) is 5.95. The first-order chi connectivity index (χ1) is 8.04. The van der Waals surface area contributed by atoms with Crippen LogP contribution in [0.25, 0.3) is 0 Å². The molecule has 17 heavy (non-hydrogen) atoms. The predicted molar refractivity (Wildman–Crippen MR) is 72.3 cm³/mol. The van der Waals surface area contributed by atoms with Gasteiger partial charge in [0.15, 0.2) is 5.11 Å². The summed E-state index contributed by atoms with van der Waals surface area (Å²) in [6.07, 6.45) is 1.69. The first-order valence-electron chi connectivity index (χ1n) is 4.95. The van der Waals surface area contributed by atoms with Gasteiger partial charge in [-0.15, -0.1) is 6.58 Å². The van der Waals surface area contributed by atoms with E-state index in [-0.39, 0.29) is 5.69 Å². The molecule has 0 aliphatic carbocycles. The highest BCUT2D eigenvalue weighted by atomic mass is 32.1. The smallest absolute Gasteiger partial charge is 0.269 e. The average molecular weight is 251 g/mol. The summed E-state index contributed by atoms with van der Waals surface area (Å²) in [7, 11) is 0. The highest BCUT2D eigenvalue weighted by molar-refractivity contribution is 7.80. The molecule has 0 saturated carbocycles. The standard InChI is InChI=1S/C11H13N3O2S/c1-3-6-12-11(17)13-10-5-4-9(14(15)16)7-8(10)2/h3-5,7H,1,6H2,2H3,(H2,12,13,17). The van der Waals surface area contributed by atoms with Gasteiger partial charge in [-0.2, -0.15) is 0 Å². The Morgan fingerprint density at radius 2 is 2.35 bits per heavy atom. The summed E-state index contributed by atoms with van der Waals surface area (Å²) >= 11 is 5.04. The van der Waals surface area contributed by atoms with Crippen LogP contribution in [0.4, 0.5) is 11.4 Å². The normalized spacial score (nSPS) is 9.47. The van der Waals surface area contributed by atoms with Gasteiger partial charge in [0.1, 0.15) is 0 Å². The van der Waals surface area contributed by atoms with Crippen LogP contribution < -0.4 is 10.6 Å². The van der Waals surface area contributed by atoms with Crippen LogP contribution in [0.5, 0.6) is 0 Å². The molecule has 0 fully saturated rings. The van der Waals surface area contributed by atoms with Crippen molar-refractivity contribution in [3.05, 3.63) is 46.5 Å². The van der Waals surface area contributed by atoms with Gasteiger partial charge in [0.05, 0.1) is 4.92 Å². The number of non-ortho nitro benzene ring substituents is 1. The van der Waals surface area contributed by atoms with Gasteiger partial charge >= 0.3 is 0 Å². The van der Waals surface area contributed by atoms with Gasteiger partial charge in [-0.3, -0.25) is 10.1 Å². The minimum atomic E-state index is -0.426. The molecule has 0 aromatic heterocycles. The molecule has 0 amide bonds. The fraction of sp³-hybridized carbons (Fsp3) is 0.182. The number of nitrogens with zero attached hydrogens (tertiary/aromatic N) is 1. The quantitative estimate of drug-likeness (QED) is 0.372. The van der Waals surface area contributed by atoms with Crippen molar-refractivity contribution in [2.24, 2.45) is 0 Å². The number of thiocarbonyl (C=S) groups is 1. The zero-order valence-electron chi connectivity index (χ0n) is 9.40. The molecule has 0 spiro atoms. The molecule has 5 nitrogen and oxygen atoms in total. The molecule has 90 valence electrons. The molecule has 1 aromatic rings. The molecule has 0 aliphatic rings. The minimum Gasteiger partial charge on any atom is -0.359 e. The Kier molecular flexibility index (Phi) is 4.59. The predicted octanol–water partition coefficient (Wildman–Crippen LogP) is 2.38. The fourth-order valence-corrected chi connectivity index (χ4v) is 1.43. The third kappa shape index (κ3) is 3.84. The first-order valence-corrected chi connectivity index (χ1v) is 5.36. The molecule has 0 heterocycles. The van der Waals surface area contributed by atoms with Crippen LogP contribution in [0.15, 0.2) is 30.9 Å². The number of aryl methyl sites for hydroxylation is 1. The number of benzene rings is 1. The molecular formula is C11H13N3O2S. The van der Waals surface area contributed by atoms with Gasteiger partial charge in [0.2, 0.25) is 0 Å². The summed E-state index contributed by atoms with van der Waals surface area (Å²) in [4.78, 5) is 10.1. The SMILES string of the molecule is C=CCNC(=S)Nc1ccc([N+](=O)[O-])cc1C. The van der Waals surface area contributed by atoms with Crippen LogP contribution in [0.2, 0.25) is 0 Å². The van der Waals surface area contributed by atoms with Crippen molar-refractivity contribution >= 4 is 28.7 Å². The number of anilines is 1. The lowest BCUT2D eigenvalue weighted by molar-refractivity contribution is -0.384. The van der Waals surface area contributed by atoms with Gasteiger partial charge in [0, 0.05) is 24.4 Å². The summed E-state index contributed by atoms with van der Waals surface area (Å²) in [6.45, 7) is 5.91. The number of rotatable bonds is 4. The monoisotopic (exact) mass is 251 g/mol. The molecule has 1 aromatic carbocycles. The second-order valence-corrected chi connectivity index (χ2v) is 3.79. The molecule has 1 rings (SSSR count). The topological polar surface area (TPSA) is 67.2 Å². The van der Waals surface area contributed by atoms with Crippen molar-refractivity contribution < 1.29 is 4.92 Å². The Bertz CT molecular complexity index is 460. The van der Waals surface area contributed by atoms with E-state index in [1.165, 1.54) is 12.1 Å². The van der Waals surface area contributed by atoms with Crippen molar-refractivity contribution in [1.29, 1.82) is 0 Å². The maximum absolute atomic E-state index is 10.6. The van der Waals surface area contributed by atoms with Crippen molar-refractivity contribution in [2.75, 3.05) is 11.9 Å². The molecule has 2 N–H and O–H groups in total. The van der Waals surface area contributed by atoms with E-state index >= 15 is 0 Å². The average Bonchev–Trinajstić information content (AvgIpc) is 2.28. The summed E-state index contributed by atoms with van der Waals surface area (Å²) in [5.41, 5.74) is 1.58. The summed E-state index contributed by atoms with van der Waals surface area (Å²) < 4.78 is 0. The maximum Gasteiger partial charge on any atom is 0.269 e. The third-order valence-corrected chi connectivity index (χ3v) is 2.32. The first kappa shape index (κ1) is 13.1. The van der Waals surface area contributed by atoms with Crippen LogP contribution in [0, 0.1) is 17.0 Å². The minimum absolute atomic E-state index is 0.0676. The molecule has 0 bridgehead atoms. The molecule has 0 saturated heterocycles. The lowest BCUT2D eigenvalue weighted by atomic mass is 10.2. The zero-order chi connectivity index (χ0) is 12.8. The largest absolute Gasteiger partial charge is 0.359 e. The van der Waals surface area contributed by atoms with Crippen LogP contribution in [0.3, 0.4) is 0 Å². The van der Waals surface area contributed by atoms with Crippen LogP contribution in [-0.2, 0) is 0 Å². The number of hydrogen-bond acceptors (Lipinski definition) is 3. The van der Waals surface area contributed by atoms with Crippen molar-refractivity contribution in [1.82, 2.24) is 5.32 Å². The molecule has 0 radical (unpaired) electrons. The number of nitro benzene ring substituents is 1. The Balaban J connectivity index is 2.75. The van der Waals surface area contributed by atoms with Gasteiger partial charge in [-0.25, -0.2) is 0 Å². The van der Waals surface area contributed by atoms with E-state index in [4.69, 9.17) is 12.2 Å². The Hall–Kier alpha value is -1.95. The molecule has 0 atom stereocenters. The zero-order valence-corrected chi connectivity index (χ0v) is 10.2. The lowest BCUT2D eigenvalue weighted by Gasteiger charge is -2.10. The highest BCUT2D eigenvalue weighted by Gasteiger charge is 2.08. The van der Waals surface area contributed by atoms with E-state index in [0.29, 0.717) is 11.7 Å². The van der Waals surface area contributed by atoms with E-state index in [1.807, 2.05) is 0 Å². The van der Waals surface area contributed by atoms with Gasteiger partial charge in [0.25, 0.3) is 5.69 Å². The summed E-state index contributed by atoms with van der Waals surface area (Å²) in [5.74, 6) is 0. The van der Waals surface area contributed by atoms with Gasteiger partial charge in [-0.05, 0) is 30.8 Å². The summed E-state index contributed by atoms with van der Waals surface area (Å²) in [5, 5.41) is 16.9. The maximum atomic E-state index is 10.6. The Morgan fingerprint density at radius 3 is 2.88 bits per heavy atom. The van der Waals surface area contributed by atoms with Gasteiger partial charge in [-0.1, -0.05) is 6.08 Å². The molecule has 6 heteroatoms. The Labute approximate surface area is 105 Å². The van der Waals surface area contributed by atoms with Crippen molar-refractivity contribution in [3.63, 3.8) is 0 Å². The van der Waals surface area contributed by atoms with E-state index < -0.39 is 4.92 Å².